The Morgan fingerprint density at radius 2 is 1.83 bits per heavy atom. The molecule has 1 amide bonds. The summed E-state index contributed by atoms with van der Waals surface area (Å²) in [6, 6.07) is 10.5. The smallest absolute Gasteiger partial charge is 0.225 e. The Hall–Kier alpha value is -1.18. The highest BCUT2D eigenvalue weighted by Crippen LogP contribution is 2.26. The van der Waals surface area contributed by atoms with Gasteiger partial charge in [-0.3, -0.25) is 9.69 Å². The highest BCUT2D eigenvalue weighted by molar-refractivity contribution is 7.13. The van der Waals surface area contributed by atoms with Crippen molar-refractivity contribution >= 4 is 42.1 Å². The molecule has 1 aromatic heterocycles. The molecule has 0 bridgehead atoms. The van der Waals surface area contributed by atoms with Crippen LogP contribution in [0.25, 0.3) is 10.6 Å². The monoisotopic (exact) mass is 456 g/mol. The summed E-state index contributed by atoms with van der Waals surface area (Å²) in [5, 5.41) is 3.23. The van der Waals surface area contributed by atoms with E-state index in [4.69, 9.17) is 10.7 Å². The van der Waals surface area contributed by atoms with Crippen LogP contribution in [0, 0.1) is 5.92 Å². The standard InChI is InChI=1S/C21H28N4OS.2ClH/c22-18-8-4-7-17(13-18)21(26)25-11-9-24(10-12-25)14-19-15-27-20(23-19)16-5-2-1-3-6-16;;/h1-3,5-6,15,17-18H,4,7-14,22H2;2*1H. The fourth-order valence-corrected chi connectivity index (χ4v) is 4.98. The van der Waals surface area contributed by atoms with Gasteiger partial charge in [-0.1, -0.05) is 36.8 Å². The summed E-state index contributed by atoms with van der Waals surface area (Å²) < 4.78 is 0. The van der Waals surface area contributed by atoms with E-state index in [1.807, 2.05) is 18.2 Å². The summed E-state index contributed by atoms with van der Waals surface area (Å²) in [6.45, 7) is 4.34. The average Bonchev–Trinajstić information content (AvgIpc) is 3.17. The highest BCUT2D eigenvalue weighted by atomic mass is 35.5. The molecule has 2 atom stereocenters. The van der Waals surface area contributed by atoms with E-state index in [9.17, 15) is 4.79 Å². The van der Waals surface area contributed by atoms with Crippen molar-refractivity contribution < 1.29 is 4.79 Å². The van der Waals surface area contributed by atoms with Crippen molar-refractivity contribution in [3.05, 3.63) is 41.4 Å². The lowest BCUT2D eigenvalue weighted by atomic mass is 9.85. The molecule has 0 radical (unpaired) electrons. The Bertz CT molecular complexity index is 765. The largest absolute Gasteiger partial charge is 0.340 e. The van der Waals surface area contributed by atoms with Gasteiger partial charge in [0, 0.05) is 55.6 Å². The number of carbonyl (C=O) groups is 1. The zero-order valence-corrected chi connectivity index (χ0v) is 19.0. The van der Waals surface area contributed by atoms with Crippen LogP contribution in [0.1, 0.15) is 31.4 Å². The summed E-state index contributed by atoms with van der Waals surface area (Å²) in [7, 11) is 0. The van der Waals surface area contributed by atoms with Crippen molar-refractivity contribution in [2.24, 2.45) is 11.7 Å². The quantitative estimate of drug-likeness (QED) is 0.759. The van der Waals surface area contributed by atoms with Crippen LogP contribution in [0.3, 0.4) is 0 Å². The van der Waals surface area contributed by atoms with Crippen LogP contribution in [0.2, 0.25) is 0 Å². The first-order valence-electron chi connectivity index (χ1n) is 9.95. The summed E-state index contributed by atoms with van der Waals surface area (Å²) >= 11 is 1.70. The molecule has 0 spiro atoms. The number of carbonyl (C=O) groups excluding carboxylic acids is 1. The van der Waals surface area contributed by atoms with Gasteiger partial charge in [-0.2, -0.15) is 0 Å². The second kappa shape index (κ2) is 11.3. The molecule has 2 N–H and O–H groups in total. The van der Waals surface area contributed by atoms with Crippen molar-refractivity contribution in [2.75, 3.05) is 26.2 Å². The Labute approximate surface area is 189 Å². The van der Waals surface area contributed by atoms with E-state index in [0.29, 0.717) is 5.91 Å². The number of nitrogens with zero attached hydrogens (tertiary/aromatic N) is 3. The molecule has 1 aliphatic heterocycles. The molecule has 2 fully saturated rings. The van der Waals surface area contributed by atoms with Gasteiger partial charge in [0.1, 0.15) is 5.01 Å². The first-order chi connectivity index (χ1) is 13.2. The normalized spacial score (nSPS) is 22.4. The molecule has 2 aromatic rings. The number of halogens is 2. The zero-order chi connectivity index (χ0) is 18.6. The van der Waals surface area contributed by atoms with Gasteiger partial charge in [-0.05, 0) is 19.3 Å². The van der Waals surface area contributed by atoms with Gasteiger partial charge in [0.15, 0.2) is 0 Å². The molecule has 2 unspecified atom stereocenters. The molecule has 2 heterocycles. The first kappa shape index (κ1) is 24.1. The third-order valence-corrected chi connectivity index (χ3v) is 6.65. The fourth-order valence-electron chi connectivity index (χ4n) is 4.16. The van der Waals surface area contributed by atoms with E-state index < -0.39 is 0 Å². The van der Waals surface area contributed by atoms with E-state index in [2.05, 4.69) is 27.3 Å². The van der Waals surface area contributed by atoms with Crippen molar-refractivity contribution in [1.29, 1.82) is 0 Å². The van der Waals surface area contributed by atoms with Crippen LogP contribution in [-0.4, -0.2) is 52.9 Å². The number of amides is 1. The highest BCUT2D eigenvalue weighted by Gasteiger charge is 2.30. The minimum absolute atomic E-state index is 0. The zero-order valence-electron chi connectivity index (χ0n) is 16.5. The lowest BCUT2D eigenvalue weighted by Crippen LogP contribution is -2.51. The number of benzene rings is 1. The predicted molar refractivity (Wildman–Crippen MR) is 124 cm³/mol. The number of thiazole rings is 1. The maximum absolute atomic E-state index is 12.8. The lowest BCUT2D eigenvalue weighted by molar-refractivity contribution is -0.138. The van der Waals surface area contributed by atoms with Gasteiger partial charge >= 0.3 is 0 Å². The minimum Gasteiger partial charge on any atom is -0.340 e. The molecule has 1 aromatic carbocycles. The van der Waals surface area contributed by atoms with E-state index in [-0.39, 0.29) is 36.8 Å². The van der Waals surface area contributed by atoms with Gasteiger partial charge < -0.3 is 10.6 Å². The molecular formula is C21H30Cl2N4OS. The first-order valence-corrected chi connectivity index (χ1v) is 10.8. The SMILES string of the molecule is Cl.Cl.NC1CCCC(C(=O)N2CCN(Cc3csc(-c4ccccc4)n3)CC2)C1. The van der Waals surface area contributed by atoms with Crippen LogP contribution in [0.4, 0.5) is 0 Å². The molecule has 2 aliphatic rings. The van der Waals surface area contributed by atoms with Crippen LogP contribution in [0.15, 0.2) is 35.7 Å². The molecule has 1 saturated carbocycles. The maximum Gasteiger partial charge on any atom is 0.225 e. The summed E-state index contributed by atoms with van der Waals surface area (Å²) in [4.78, 5) is 22.0. The molecule has 5 nitrogen and oxygen atoms in total. The summed E-state index contributed by atoms with van der Waals surface area (Å²) in [6.07, 6.45) is 4.02. The van der Waals surface area contributed by atoms with Crippen LogP contribution >= 0.6 is 36.2 Å². The van der Waals surface area contributed by atoms with Crippen molar-refractivity contribution in [3.8, 4) is 10.6 Å². The third-order valence-electron chi connectivity index (χ3n) is 5.71. The number of hydrogen-bond donors (Lipinski definition) is 1. The third kappa shape index (κ3) is 6.15. The molecule has 4 rings (SSSR count). The van der Waals surface area contributed by atoms with E-state index in [1.165, 1.54) is 5.56 Å². The van der Waals surface area contributed by atoms with Crippen molar-refractivity contribution in [2.45, 2.75) is 38.3 Å². The van der Waals surface area contributed by atoms with Crippen molar-refractivity contribution in [3.63, 3.8) is 0 Å². The molecule has 1 saturated heterocycles. The van der Waals surface area contributed by atoms with Gasteiger partial charge in [-0.15, -0.1) is 36.2 Å². The maximum atomic E-state index is 12.8. The second-order valence-corrected chi connectivity index (χ2v) is 8.59. The molecule has 1 aliphatic carbocycles. The van der Waals surface area contributed by atoms with E-state index in [0.717, 1.165) is 69.1 Å². The number of rotatable bonds is 4. The Morgan fingerprint density at radius 3 is 2.52 bits per heavy atom. The van der Waals surface area contributed by atoms with Gasteiger partial charge in [0.25, 0.3) is 0 Å². The van der Waals surface area contributed by atoms with E-state index >= 15 is 0 Å². The van der Waals surface area contributed by atoms with Gasteiger partial charge in [-0.25, -0.2) is 4.98 Å². The molecule has 160 valence electrons. The number of hydrogen-bond acceptors (Lipinski definition) is 5. The topological polar surface area (TPSA) is 62.5 Å². The van der Waals surface area contributed by atoms with Crippen molar-refractivity contribution in [1.82, 2.24) is 14.8 Å². The molecular weight excluding hydrogens is 427 g/mol. The minimum atomic E-state index is 0. The number of piperazine rings is 1. The lowest BCUT2D eigenvalue weighted by Gasteiger charge is -2.37. The average molecular weight is 457 g/mol. The predicted octanol–water partition coefficient (Wildman–Crippen LogP) is 3.82. The van der Waals surface area contributed by atoms with Gasteiger partial charge in [0.2, 0.25) is 5.91 Å². The van der Waals surface area contributed by atoms with E-state index in [1.54, 1.807) is 11.3 Å². The number of aromatic nitrogens is 1. The van der Waals surface area contributed by atoms with Crippen LogP contribution in [-0.2, 0) is 11.3 Å². The van der Waals surface area contributed by atoms with Crippen LogP contribution in [0.5, 0.6) is 0 Å². The van der Waals surface area contributed by atoms with Gasteiger partial charge in [0.05, 0.1) is 5.69 Å². The number of nitrogens with two attached hydrogens (primary N) is 1. The fraction of sp³-hybridized carbons (Fsp3) is 0.524. The molecule has 29 heavy (non-hydrogen) atoms. The summed E-state index contributed by atoms with van der Waals surface area (Å²) in [5.41, 5.74) is 8.36. The Kier molecular flexibility index (Phi) is 9.37. The molecule has 8 heteroatoms. The van der Waals surface area contributed by atoms with Crippen LogP contribution < -0.4 is 5.73 Å². The Balaban J connectivity index is 0.00000150. The summed E-state index contributed by atoms with van der Waals surface area (Å²) in [5.74, 6) is 0.470. The second-order valence-electron chi connectivity index (χ2n) is 7.74. The Morgan fingerprint density at radius 1 is 1.10 bits per heavy atom.